The highest BCUT2D eigenvalue weighted by molar-refractivity contribution is 5.94. The summed E-state index contributed by atoms with van der Waals surface area (Å²) in [5.74, 6) is -0.585. The van der Waals surface area contributed by atoms with E-state index in [-0.39, 0.29) is 18.1 Å². The number of benzene rings is 2. The van der Waals surface area contributed by atoms with E-state index >= 15 is 0 Å². The Morgan fingerprint density at radius 2 is 1.68 bits per heavy atom. The Balaban J connectivity index is 1.51. The Hall–Kier alpha value is -3.98. The SMILES string of the molecule is CCCCCCC(=O)Nc1ccc(-c2cc(C(=O)NCc3ccc(C(=O)NO)cc3)no2)cc1. The average molecular weight is 465 g/mol. The van der Waals surface area contributed by atoms with Crippen molar-refractivity contribution in [3.63, 3.8) is 0 Å². The summed E-state index contributed by atoms with van der Waals surface area (Å²) < 4.78 is 5.31. The number of nitrogens with one attached hydrogen (secondary N) is 3. The molecule has 0 spiro atoms. The lowest BCUT2D eigenvalue weighted by atomic mass is 10.1. The van der Waals surface area contributed by atoms with E-state index in [1.54, 1.807) is 60.1 Å². The molecule has 4 N–H and O–H groups in total. The van der Waals surface area contributed by atoms with Crippen LogP contribution in [0.3, 0.4) is 0 Å². The number of hydroxylamine groups is 1. The van der Waals surface area contributed by atoms with Gasteiger partial charge in [-0.05, 0) is 48.4 Å². The number of anilines is 1. The molecule has 0 bridgehead atoms. The lowest BCUT2D eigenvalue weighted by Crippen LogP contribution is -2.23. The second kappa shape index (κ2) is 12.3. The van der Waals surface area contributed by atoms with Crippen molar-refractivity contribution in [2.75, 3.05) is 5.32 Å². The fourth-order valence-electron chi connectivity index (χ4n) is 3.28. The highest BCUT2D eigenvalue weighted by Crippen LogP contribution is 2.22. The number of nitrogens with zero attached hydrogens (tertiary/aromatic N) is 1. The minimum absolute atomic E-state index is 0.00576. The molecule has 0 saturated heterocycles. The van der Waals surface area contributed by atoms with Gasteiger partial charge < -0.3 is 15.2 Å². The second-order valence-electron chi connectivity index (χ2n) is 7.83. The van der Waals surface area contributed by atoms with Crippen molar-refractivity contribution in [2.45, 2.75) is 45.6 Å². The summed E-state index contributed by atoms with van der Waals surface area (Å²) in [4.78, 5) is 35.8. The van der Waals surface area contributed by atoms with Gasteiger partial charge in [-0.2, -0.15) is 0 Å². The first-order chi connectivity index (χ1) is 16.5. The first kappa shape index (κ1) is 24.7. The van der Waals surface area contributed by atoms with Crippen LogP contribution in [-0.4, -0.2) is 28.1 Å². The normalized spacial score (nSPS) is 10.5. The Kier molecular flexibility index (Phi) is 8.93. The molecule has 0 fully saturated rings. The fraction of sp³-hybridized carbons (Fsp3) is 0.280. The lowest BCUT2D eigenvalue weighted by Gasteiger charge is -2.05. The molecular weight excluding hydrogens is 436 g/mol. The van der Waals surface area contributed by atoms with Crippen molar-refractivity contribution in [2.24, 2.45) is 0 Å². The third-order valence-corrected chi connectivity index (χ3v) is 5.22. The molecule has 0 atom stereocenters. The number of carbonyl (C=O) groups excluding carboxylic acids is 3. The van der Waals surface area contributed by atoms with E-state index in [1.807, 2.05) is 0 Å². The molecule has 34 heavy (non-hydrogen) atoms. The lowest BCUT2D eigenvalue weighted by molar-refractivity contribution is -0.116. The first-order valence-corrected chi connectivity index (χ1v) is 11.2. The van der Waals surface area contributed by atoms with Crippen molar-refractivity contribution in [1.82, 2.24) is 16.0 Å². The van der Waals surface area contributed by atoms with Crippen LogP contribution < -0.4 is 16.1 Å². The maximum absolute atomic E-state index is 12.4. The Morgan fingerprint density at radius 1 is 0.941 bits per heavy atom. The molecule has 0 unspecified atom stereocenters. The van der Waals surface area contributed by atoms with Gasteiger partial charge in [0.25, 0.3) is 11.8 Å². The van der Waals surface area contributed by atoms with Crippen LogP contribution >= 0.6 is 0 Å². The molecule has 9 heteroatoms. The predicted molar refractivity (Wildman–Crippen MR) is 126 cm³/mol. The third kappa shape index (κ3) is 7.01. The molecule has 2 aromatic carbocycles. The standard InChI is InChI=1S/C25H28N4O5/c1-2-3-4-5-6-23(30)27-20-13-11-18(12-14-20)22-15-21(29-34-22)25(32)26-16-17-7-9-19(10-8-17)24(31)28-33/h7-15,33H,2-6,16H2,1H3,(H,26,32)(H,27,30)(H,28,31). The number of hydrogen-bond donors (Lipinski definition) is 4. The minimum atomic E-state index is -0.608. The van der Waals surface area contributed by atoms with Gasteiger partial charge in [-0.15, -0.1) is 0 Å². The fourth-order valence-corrected chi connectivity index (χ4v) is 3.28. The Morgan fingerprint density at radius 3 is 2.35 bits per heavy atom. The van der Waals surface area contributed by atoms with Crippen LogP contribution in [0.25, 0.3) is 11.3 Å². The van der Waals surface area contributed by atoms with E-state index < -0.39 is 11.8 Å². The maximum Gasteiger partial charge on any atom is 0.274 e. The highest BCUT2D eigenvalue weighted by Gasteiger charge is 2.14. The van der Waals surface area contributed by atoms with E-state index in [2.05, 4.69) is 22.7 Å². The Labute approximate surface area is 197 Å². The molecule has 0 saturated carbocycles. The second-order valence-corrected chi connectivity index (χ2v) is 7.83. The summed E-state index contributed by atoms with van der Waals surface area (Å²) in [6.45, 7) is 2.37. The van der Waals surface area contributed by atoms with Gasteiger partial charge in [0, 0.05) is 35.8 Å². The largest absolute Gasteiger partial charge is 0.355 e. The number of hydrogen-bond acceptors (Lipinski definition) is 6. The summed E-state index contributed by atoms with van der Waals surface area (Å²) in [6.07, 6.45) is 4.71. The average Bonchev–Trinajstić information content (AvgIpc) is 3.36. The van der Waals surface area contributed by atoms with E-state index in [4.69, 9.17) is 9.73 Å². The molecule has 3 rings (SSSR count). The number of amides is 3. The quantitative estimate of drug-likeness (QED) is 0.190. The smallest absolute Gasteiger partial charge is 0.274 e. The number of rotatable bonds is 11. The molecule has 178 valence electrons. The molecule has 0 aliphatic rings. The number of unbranched alkanes of at least 4 members (excludes halogenated alkanes) is 3. The van der Waals surface area contributed by atoms with Crippen LogP contribution in [0.15, 0.2) is 59.1 Å². The van der Waals surface area contributed by atoms with E-state index in [0.717, 1.165) is 36.8 Å². The van der Waals surface area contributed by atoms with Crippen LogP contribution in [0.5, 0.6) is 0 Å². The molecular formula is C25H28N4O5. The molecule has 1 heterocycles. The number of aromatic nitrogens is 1. The van der Waals surface area contributed by atoms with Crippen molar-refractivity contribution >= 4 is 23.4 Å². The summed E-state index contributed by atoms with van der Waals surface area (Å²) in [7, 11) is 0. The molecule has 9 nitrogen and oxygen atoms in total. The van der Waals surface area contributed by atoms with Crippen molar-refractivity contribution in [3.05, 3.63) is 71.4 Å². The van der Waals surface area contributed by atoms with Crippen LogP contribution in [-0.2, 0) is 11.3 Å². The summed E-state index contributed by atoms with van der Waals surface area (Å²) in [6, 6.07) is 15.1. The zero-order valence-corrected chi connectivity index (χ0v) is 19.0. The Bertz CT molecular complexity index is 1110. The van der Waals surface area contributed by atoms with Gasteiger partial charge in [0.2, 0.25) is 5.91 Å². The predicted octanol–water partition coefficient (Wildman–Crippen LogP) is 4.30. The van der Waals surface area contributed by atoms with Gasteiger partial charge in [0.05, 0.1) is 0 Å². The van der Waals surface area contributed by atoms with Crippen molar-refractivity contribution in [3.8, 4) is 11.3 Å². The van der Waals surface area contributed by atoms with Gasteiger partial charge in [-0.3, -0.25) is 19.6 Å². The van der Waals surface area contributed by atoms with Crippen LogP contribution in [0.2, 0.25) is 0 Å². The van der Waals surface area contributed by atoms with E-state index in [0.29, 0.717) is 23.4 Å². The van der Waals surface area contributed by atoms with Gasteiger partial charge in [-0.1, -0.05) is 43.5 Å². The van der Waals surface area contributed by atoms with Crippen LogP contribution in [0, 0.1) is 0 Å². The zero-order valence-electron chi connectivity index (χ0n) is 19.0. The van der Waals surface area contributed by atoms with E-state index in [1.165, 1.54) is 0 Å². The molecule has 3 aromatic rings. The summed E-state index contributed by atoms with van der Waals surface area (Å²) >= 11 is 0. The van der Waals surface area contributed by atoms with Crippen LogP contribution in [0.1, 0.15) is 65.4 Å². The topological polar surface area (TPSA) is 134 Å². The van der Waals surface area contributed by atoms with Gasteiger partial charge in [-0.25, -0.2) is 5.48 Å². The number of carbonyl (C=O) groups is 3. The summed E-state index contributed by atoms with van der Waals surface area (Å²) in [5.41, 5.74) is 4.20. The monoisotopic (exact) mass is 464 g/mol. The molecule has 0 aliphatic heterocycles. The van der Waals surface area contributed by atoms with E-state index in [9.17, 15) is 14.4 Å². The maximum atomic E-state index is 12.4. The van der Waals surface area contributed by atoms with Crippen LogP contribution in [0.4, 0.5) is 5.69 Å². The van der Waals surface area contributed by atoms with Gasteiger partial charge in [0.1, 0.15) is 0 Å². The summed E-state index contributed by atoms with van der Waals surface area (Å²) in [5, 5.41) is 18.1. The first-order valence-electron chi connectivity index (χ1n) is 11.2. The van der Waals surface area contributed by atoms with Gasteiger partial charge in [0.15, 0.2) is 11.5 Å². The molecule has 3 amide bonds. The zero-order chi connectivity index (χ0) is 24.3. The molecule has 1 aromatic heterocycles. The van der Waals surface area contributed by atoms with Crippen molar-refractivity contribution in [1.29, 1.82) is 0 Å². The highest BCUT2D eigenvalue weighted by atomic mass is 16.5. The molecule has 0 radical (unpaired) electrons. The molecule has 0 aliphatic carbocycles. The van der Waals surface area contributed by atoms with Gasteiger partial charge >= 0.3 is 0 Å². The van der Waals surface area contributed by atoms with Crippen molar-refractivity contribution < 1.29 is 24.1 Å². The minimum Gasteiger partial charge on any atom is -0.355 e. The third-order valence-electron chi connectivity index (χ3n) is 5.22.